The van der Waals surface area contributed by atoms with Gasteiger partial charge in [0.05, 0.1) is 6.61 Å². The van der Waals surface area contributed by atoms with Crippen LogP contribution in [0, 0.1) is 6.92 Å². The fourth-order valence-corrected chi connectivity index (χ4v) is 2.54. The molecule has 0 bridgehead atoms. The molecule has 0 spiro atoms. The van der Waals surface area contributed by atoms with Gasteiger partial charge in [0.2, 0.25) is 5.90 Å². The van der Waals surface area contributed by atoms with E-state index in [1.54, 1.807) is 13.0 Å². The Morgan fingerprint density at radius 2 is 2.00 bits per heavy atom. The van der Waals surface area contributed by atoms with Crippen molar-refractivity contribution in [2.75, 3.05) is 6.61 Å². The molecule has 0 saturated heterocycles. The Morgan fingerprint density at radius 1 is 1.19 bits per heavy atom. The van der Waals surface area contributed by atoms with Crippen molar-refractivity contribution in [3.8, 4) is 11.5 Å². The van der Waals surface area contributed by atoms with Crippen LogP contribution in [0.4, 0.5) is 8.78 Å². The predicted molar refractivity (Wildman–Crippen MR) is 96.0 cm³/mol. The Bertz CT molecular complexity index is 922. The summed E-state index contributed by atoms with van der Waals surface area (Å²) in [6.45, 7) is 0.969. The summed E-state index contributed by atoms with van der Waals surface area (Å²) in [5.41, 5.74) is 2.36. The summed E-state index contributed by atoms with van der Waals surface area (Å²) < 4.78 is 40.0. The second kappa shape index (κ2) is 7.99. The van der Waals surface area contributed by atoms with Crippen LogP contribution in [-0.2, 0) is 9.53 Å². The average molecular weight is 373 g/mol. The number of halogens is 2. The summed E-state index contributed by atoms with van der Waals surface area (Å²) >= 11 is 0. The first kappa shape index (κ1) is 18.6. The number of alkyl halides is 2. The van der Waals surface area contributed by atoms with E-state index >= 15 is 0 Å². The minimum atomic E-state index is -2.96. The number of nitrogens with zero attached hydrogens (tertiary/aromatic N) is 1. The van der Waals surface area contributed by atoms with Crippen LogP contribution in [-0.4, -0.2) is 25.1 Å². The molecule has 0 amide bonds. The monoisotopic (exact) mass is 373 g/mol. The third-order valence-corrected chi connectivity index (χ3v) is 3.67. The molecule has 1 heterocycles. The Hall–Kier alpha value is -3.22. The van der Waals surface area contributed by atoms with E-state index in [4.69, 9.17) is 9.47 Å². The molecule has 7 heteroatoms. The van der Waals surface area contributed by atoms with Crippen LogP contribution in [0.3, 0.4) is 0 Å². The molecule has 140 valence electrons. The molecule has 2 aromatic carbocycles. The number of ether oxygens (including phenoxy) is 3. The van der Waals surface area contributed by atoms with Gasteiger partial charge in [0, 0.05) is 5.56 Å². The molecule has 2 aromatic rings. The first-order chi connectivity index (χ1) is 13.0. The van der Waals surface area contributed by atoms with Gasteiger partial charge in [-0.1, -0.05) is 23.8 Å². The summed E-state index contributed by atoms with van der Waals surface area (Å²) in [6.07, 6.45) is 1.50. The molecule has 1 aliphatic heterocycles. The number of aliphatic imine (C=N–C) groups is 1. The number of hydrogen-bond acceptors (Lipinski definition) is 5. The molecule has 0 atom stereocenters. The SMILES string of the molecule is CCOc1cc(/C=C2\N=C(c3cccc(C)c3)OC2=O)ccc1OC(F)F. The van der Waals surface area contributed by atoms with Gasteiger partial charge in [0.25, 0.3) is 0 Å². The minimum absolute atomic E-state index is 0.0769. The molecule has 0 aliphatic carbocycles. The van der Waals surface area contributed by atoms with Crippen molar-refractivity contribution < 1.29 is 27.8 Å². The highest BCUT2D eigenvalue weighted by Crippen LogP contribution is 2.31. The van der Waals surface area contributed by atoms with Crippen molar-refractivity contribution in [2.24, 2.45) is 4.99 Å². The maximum absolute atomic E-state index is 12.5. The highest BCUT2D eigenvalue weighted by molar-refractivity contribution is 6.12. The summed E-state index contributed by atoms with van der Waals surface area (Å²) in [4.78, 5) is 16.3. The predicted octanol–water partition coefficient (Wildman–Crippen LogP) is 4.34. The summed E-state index contributed by atoms with van der Waals surface area (Å²) in [7, 11) is 0. The van der Waals surface area contributed by atoms with Crippen LogP contribution in [0.2, 0.25) is 0 Å². The first-order valence-corrected chi connectivity index (χ1v) is 8.27. The van der Waals surface area contributed by atoms with E-state index in [1.165, 1.54) is 24.3 Å². The van der Waals surface area contributed by atoms with Gasteiger partial charge >= 0.3 is 12.6 Å². The van der Waals surface area contributed by atoms with Crippen LogP contribution < -0.4 is 9.47 Å². The zero-order chi connectivity index (χ0) is 19.4. The van der Waals surface area contributed by atoms with E-state index in [0.717, 1.165) is 5.56 Å². The normalized spacial score (nSPS) is 15.1. The molecule has 0 radical (unpaired) electrons. The summed E-state index contributed by atoms with van der Waals surface area (Å²) in [5, 5.41) is 0. The fraction of sp³-hybridized carbons (Fsp3) is 0.200. The topological polar surface area (TPSA) is 57.1 Å². The van der Waals surface area contributed by atoms with Crippen LogP contribution in [0.25, 0.3) is 6.08 Å². The van der Waals surface area contributed by atoms with Gasteiger partial charge in [0.15, 0.2) is 17.2 Å². The van der Waals surface area contributed by atoms with Gasteiger partial charge in [0.1, 0.15) is 0 Å². The van der Waals surface area contributed by atoms with Crippen molar-refractivity contribution in [2.45, 2.75) is 20.5 Å². The minimum Gasteiger partial charge on any atom is -0.490 e. The zero-order valence-corrected chi connectivity index (χ0v) is 14.7. The second-order valence-corrected chi connectivity index (χ2v) is 5.72. The van der Waals surface area contributed by atoms with E-state index in [9.17, 15) is 13.6 Å². The number of carbonyl (C=O) groups is 1. The van der Waals surface area contributed by atoms with Gasteiger partial charge in [-0.15, -0.1) is 0 Å². The molecule has 5 nitrogen and oxygen atoms in total. The van der Waals surface area contributed by atoms with Crippen LogP contribution >= 0.6 is 0 Å². The van der Waals surface area contributed by atoms with Crippen LogP contribution in [0.1, 0.15) is 23.6 Å². The van der Waals surface area contributed by atoms with Crippen molar-refractivity contribution in [1.82, 2.24) is 0 Å². The first-order valence-electron chi connectivity index (χ1n) is 8.27. The Labute approximate surface area is 154 Å². The van der Waals surface area contributed by atoms with Crippen molar-refractivity contribution in [3.63, 3.8) is 0 Å². The lowest BCUT2D eigenvalue weighted by molar-refractivity contribution is -0.129. The molecule has 0 saturated carbocycles. The number of rotatable bonds is 6. The Kier molecular flexibility index (Phi) is 5.49. The maximum Gasteiger partial charge on any atom is 0.387 e. The molecular formula is C20H17F2NO4. The molecule has 0 N–H and O–H groups in total. The molecule has 27 heavy (non-hydrogen) atoms. The highest BCUT2D eigenvalue weighted by Gasteiger charge is 2.24. The summed E-state index contributed by atoms with van der Waals surface area (Å²) in [6, 6.07) is 11.8. The van der Waals surface area contributed by atoms with E-state index in [1.807, 2.05) is 25.1 Å². The largest absolute Gasteiger partial charge is 0.490 e. The number of hydrogen-bond donors (Lipinski definition) is 0. The molecule has 0 fully saturated rings. The van der Waals surface area contributed by atoms with Gasteiger partial charge in [-0.05, 0) is 49.8 Å². The number of aryl methyl sites for hydroxylation is 1. The molecule has 3 rings (SSSR count). The van der Waals surface area contributed by atoms with E-state index < -0.39 is 12.6 Å². The molecule has 0 unspecified atom stereocenters. The van der Waals surface area contributed by atoms with Gasteiger partial charge in [-0.3, -0.25) is 0 Å². The summed E-state index contributed by atoms with van der Waals surface area (Å²) in [5.74, 6) is -0.289. The average Bonchev–Trinajstić information content (AvgIpc) is 2.98. The second-order valence-electron chi connectivity index (χ2n) is 5.72. The lowest BCUT2D eigenvalue weighted by Gasteiger charge is -2.11. The lowest BCUT2D eigenvalue weighted by atomic mass is 10.1. The number of cyclic esters (lactones) is 1. The fourth-order valence-electron chi connectivity index (χ4n) is 2.54. The third kappa shape index (κ3) is 4.49. The van der Waals surface area contributed by atoms with Gasteiger partial charge < -0.3 is 14.2 Å². The van der Waals surface area contributed by atoms with E-state index in [-0.39, 0.29) is 29.7 Å². The molecule has 1 aliphatic rings. The third-order valence-electron chi connectivity index (χ3n) is 3.67. The van der Waals surface area contributed by atoms with E-state index in [0.29, 0.717) is 11.1 Å². The van der Waals surface area contributed by atoms with Crippen molar-refractivity contribution >= 4 is 17.9 Å². The highest BCUT2D eigenvalue weighted by atomic mass is 19.3. The lowest BCUT2D eigenvalue weighted by Crippen LogP contribution is -2.05. The smallest absolute Gasteiger partial charge is 0.387 e. The van der Waals surface area contributed by atoms with E-state index in [2.05, 4.69) is 9.73 Å². The zero-order valence-electron chi connectivity index (χ0n) is 14.7. The van der Waals surface area contributed by atoms with Crippen LogP contribution in [0.15, 0.2) is 53.2 Å². The molecular weight excluding hydrogens is 356 g/mol. The standard InChI is InChI=1S/C20H17F2NO4/c1-3-25-17-11-13(7-8-16(17)26-20(21)22)10-15-19(24)27-18(23-15)14-6-4-5-12(2)9-14/h4-11,20H,3H2,1-2H3/b15-10-. The van der Waals surface area contributed by atoms with Gasteiger partial charge in [-0.2, -0.15) is 8.78 Å². The Morgan fingerprint density at radius 3 is 2.70 bits per heavy atom. The number of esters is 1. The Balaban J connectivity index is 1.91. The van der Waals surface area contributed by atoms with Crippen molar-refractivity contribution in [1.29, 1.82) is 0 Å². The maximum atomic E-state index is 12.5. The number of benzene rings is 2. The van der Waals surface area contributed by atoms with Gasteiger partial charge in [-0.25, -0.2) is 9.79 Å². The van der Waals surface area contributed by atoms with Crippen LogP contribution in [0.5, 0.6) is 11.5 Å². The molecule has 0 aromatic heterocycles. The number of carbonyl (C=O) groups excluding carboxylic acids is 1. The van der Waals surface area contributed by atoms with Crippen molar-refractivity contribution in [3.05, 3.63) is 64.9 Å². The quantitative estimate of drug-likeness (QED) is 0.558.